The van der Waals surface area contributed by atoms with E-state index < -0.39 is 0 Å². The fourth-order valence-electron chi connectivity index (χ4n) is 2.68. The molecule has 0 spiro atoms. The number of carbonyl (C=O) groups is 1. The van der Waals surface area contributed by atoms with Crippen molar-refractivity contribution in [3.8, 4) is 0 Å². The number of nitrogens with zero attached hydrogens (tertiary/aromatic N) is 1. The second-order valence-electron chi connectivity index (χ2n) is 6.55. The van der Waals surface area contributed by atoms with Crippen molar-refractivity contribution in [3.05, 3.63) is 0 Å². The highest BCUT2D eigenvalue weighted by Crippen LogP contribution is 2.25. The molecule has 1 rings (SSSR count). The van der Waals surface area contributed by atoms with Gasteiger partial charge in [-0.2, -0.15) is 0 Å². The van der Waals surface area contributed by atoms with E-state index in [0.29, 0.717) is 18.9 Å². The molecule has 0 aromatic heterocycles. The Kier molecular flexibility index (Phi) is 6.80. The molecule has 1 aliphatic heterocycles. The van der Waals surface area contributed by atoms with Crippen LogP contribution in [0.3, 0.4) is 0 Å². The Labute approximate surface area is 118 Å². The Bertz CT molecular complexity index is 279. The number of likely N-dealkylation sites (tertiary alicyclic amines) is 1. The maximum absolute atomic E-state index is 11.8. The number of nitrogens with one attached hydrogen (secondary N) is 1. The predicted octanol–water partition coefficient (Wildman–Crippen LogP) is 1.60. The lowest BCUT2D eigenvalue weighted by molar-refractivity contribution is -0.121. The van der Waals surface area contributed by atoms with E-state index >= 15 is 0 Å². The number of hydrogen-bond donors (Lipinski definition) is 2. The number of amides is 1. The van der Waals surface area contributed by atoms with Crippen molar-refractivity contribution in [2.75, 3.05) is 32.7 Å². The summed E-state index contributed by atoms with van der Waals surface area (Å²) < 4.78 is 0. The van der Waals surface area contributed by atoms with Gasteiger partial charge in [0.05, 0.1) is 0 Å². The minimum absolute atomic E-state index is 0.179. The van der Waals surface area contributed by atoms with Crippen molar-refractivity contribution < 1.29 is 4.79 Å². The third-order valence-corrected chi connectivity index (χ3v) is 4.26. The van der Waals surface area contributed by atoms with E-state index in [4.69, 9.17) is 5.73 Å². The van der Waals surface area contributed by atoms with Crippen LogP contribution in [0.1, 0.15) is 46.5 Å². The maximum Gasteiger partial charge on any atom is 0.220 e. The van der Waals surface area contributed by atoms with Gasteiger partial charge >= 0.3 is 0 Å². The largest absolute Gasteiger partial charge is 0.356 e. The van der Waals surface area contributed by atoms with Crippen molar-refractivity contribution in [1.29, 1.82) is 0 Å². The molecule has 1 fully saturated rings. The Morgan fingerprint density at radius 1 is 1.42 bits per heavy atom. The molecule has 0 radical (unpaired) electrons. The second kappa shape index (κ2) is 7.85. The normalized spacial score (nSPS) is 20.7. The molecule has 1 heterocycles. The number of hydrogen-bond acceptors (Lipinski definition) is 3. The summed E-state index contributed by atoms with van der Waals surface area (Å²) >= 11 is 0. The molecule has 4 nitrogen and oxygen atoms in total. The zero-order chi connectivity index (χ0) is 14.3. The quantitative estimate of drug-likeness (QED) is 0.703. The summed E-state index contributed by atoms with van der Waals surface area (Å²) in [5.74, 6) is 0.834. The molecule has 1 saturated heterocycles. The molecule has 3 N–H and O–H groups in total. The Morgan fingerprint density at radius 3 is 2.74 bits per heavy atom. The van der Waals surface area contributed by atoms with Crippen molar-refractivity contribution in [3.63, 3.8) is 0 Å². The third-order valence-electron chi connectivity index (χ3n) is 4.26. The van der Waals surface area contributed by atoms with E-state index in [1.54, 1.807) is 0 Å². The molecule has 4 heteroatoms. The molecule has 0 aliphatic carbocycles. The molecule has 1 unspecified atom stereocenters. The molecule has 0 aromatic rings. The van der Waals surface area contributed by atoms with Crippen LogP contribution in [0.4, 0.5) is 0 Å². The second-order valence-corrected chi connectivity index (χ2v) is 6.55. The van der Waals surface area contributed by atoms with E-state index in [1.165, 1.54) is 13.0 Å². The number of nitrogens with two attached hydrogens (primary N) is 1. The highest BCUT2D eigenvalue weighted by molar-refractivity contribution is 5.75. The van der Waals surface area contributed by atoms with Crippen LogP contribution in [0.15, 0.2) is 0 Å². The first kappa shape index (κ1) is 16.4. The molecule has 0 bridgehead atoms. The van der Waals surface area contributed by atoms with Gasteiger partial charge in [-0.15, -0.1) is 0 Å². The Balaban J connectivity index is 2.15. The summed E-state index contributed by atoms with van der Waals surface area (Å²) in [7, 11) is 0. The molecule has 19 heavy (non-hydrogen) atoms. The van der Waals surface area contributed by atoms with Gasteiger partial charge < -0.3 is 16.0 Å². The van der Waals surface area contributed by atoms with E-state index in [2.05, 4.69) is 31.0 Å². The van der Waals surface area contributed by atoms with E-state index in [1.807, 2.05) is 0 Å². The van der Waals surface area contributed by atoms with Crippen molar-refractivity contribution in [2.45, 2.75) is 46.5 Å². The van der Waals surface area contributed by atoms with Gasteiger partial charge in [-0.3, -0.25) is 4.79 Å². The first-order valence-corrected chi connectivity index (χ1v) is 7.66. The first-order chi connectivity index (χ1) is 8.96. The fraction of sp³-hybridized carbons (Fsp3) is 0.933. The van der Waals surface area contributed by atoms with Crippen LogP contribution in [0.25, 0.3) is 0 Å². The molecule has 0 saturated carbocycles. The van der Waals surface area contributed by atoms with Crippen LogP contribution in [-0.4, -0.2) is 43.5 Å². The van der Waals surface area contributed by atoms with Crippen LogP contribution in [0, 0.1) is 11.3 Å². The lowest BCUT2D eigenvalue weighted by atomic mass is 9.84. The van der Waals surface area contributed by atoms with Crippen LogP contribution in [0.5, 0.6) is 0 Å². The molecular formula is C15H31N3O. The lowest BCUT2D eigenvalue weighted by Crippen LogP contribution is -2.31. The highest BCUT2D eigenvalue weighted by Gasteiger charge is 2.22. The molecule has 1 aliphatic rings. The topological polar surface area (TPSA) is 58.4 Å². The van der Waals surface area contributed by atoms with Crippen LogP contribution in [-0.2, 0) is 4.79 Å². The van der Waals surface area contributed by atoms with Gasteiger partial charge in [-0.05, 0) is 50.2 Å². The maximum atomic E-state index is 11.8. The van der Waals surface area contributed by atoms with Gasteiger partial charge in [0.2, 0.25) is 5.91 Å². The van der Waals surface area contributed by atoms with E-state index in [-0.39, 0.29) is 11.3 Å². The predicted molar refractivity (Wildman–Crippen MR) is 79.9 cm³/mol. The van der Waals surface area contributed by atoms with Crippen LogP contribution in [0.2, 0.25) is 0 Å². The summed E-state index contributed by atoms with van der Waals surface area (Å²) in [6.45, 7) is 11.5. The summed E-state index contributed by atoms with van der Waals surface area (Å²) in [5, 5.41) is 3.09. The van der Waals surface area contributed by atoms with Crippen molar-refractivity contribution in [1.82, 2.24) is 10.2 Å². The summed E-state index contributed by atoms with van der Waals surface area (Å²) in [6, 6.07) is 0. The monoisotopic (exact) mass is 269 g/mol. The molecule has 112 valence electrons. The van der Waals surface area contributed by atoms with Gasteiger partial charge in [0.1, 0.15) is 0 Å². The van der Waals surface area contributed by atoms with Gasteiger partial charge in [0.25, 0.3) is 0 Å². The molecule has 0 aromatic carbocycles. The molecule has 1 atom stereocenters. The van der Waals surface area contributed by atoms with E-state index in [0.717, 1.165) is 32.5 Å². The minimum Gasteiger partial charge on any atom is -0.356 e. The van der Waals surface area contributed by atoms with Gasteiger partial charge in [0, 0.05) is 19.5 Å². The zero-order valence-electron chi connectivity index (χ0n) is 12.9. The molecular weight excluding hydrogens is 238 g/mol. The van der Waals surface area contributed by atoms with Crippen molar-refractivity contribution in [2.24, 2.45) is 17.1 Å². The minimum atomic E-state index is 0.179. The van der Waals surface area contributed by atoms with Crippen LogP contribution < -0.4 is 11.1 Å². The zero-order valence-corrected chi connectivity index (χ0v) is 12.9. The lowest BCUT2D eigenvalue weighted by Gasteiger charge is -2.23. The molecule has 1 amide bonds. The van der Waals surface area contributed by atoms with Gasteiger partial charge in [0.15, 0.2) is 0 Å². The van der Waals surface area contributed by atoms with Crippen molar-refractivity contribution >= 4 is 5.91 Å². The van der Waals surface area contributed by atoms with Gasteiger partial charge in [-0.25, -0.2) is 0 Å². The number of rotatable bonds is 8. The standard InChI is InChI=1S/C15H31N3O/c1-4-18-10-6-13(12-18)11-17-14(19)5-7-15(2,3)8-9-16/h13H,4-12,16H2,1-3H3,(H,17,19). The number of carbonyl (C=O) groups excluding carboxylic acids is 1. The Hall–Kier alpha value is -0.610. The fourth-order valence-corrected chi connectivity index (χ4v) is 2.68. The third kappa shape index (κ3) is 6.39. The average Bonchev–Trinajstić information content (AvgIpc) is 2.82. The van der Waals surface area contributed by atoms with Gasteiger partial charge in [-0.1, -0.05) is 20.8 Å². The highest BCUT2D eigenvalue weighted by atomic mass is 16.1. The summed E-state index contributed by atoms with van der Waals surface area (Å²) in [5.41, 5.74) is 5.76. The SMILES string of the molecule is CCN1CCC(CNC(=O)CCC(C)(C)CCN)C1. The smallest absolute Gasteiger partial charge is 0.220 e. The average molecular weight is 269 g/mol. The van der Waals surface area contributed by atoms with E-state index in [9.17, 15) is 4.79 Å². The summed E-state index contributed by atoms with van der Waals surface area (Å²) in [4.78, 5) is 14.3. The summed E-state index contributed by atoms with van der Waals surface area (Å²) in [6.07, 6.45) is 3.74. The first-order valence-electron chi connectivity index (χ1n) is 7.66. The van der Waals surface area contributed by atoms with Crippen LogP contribution >= 0.6 is 0 Å². The Morgan fingerprint density at radius 2 is 2.16 bits per heavy atom.